The molecule has 0 N–H and O–H groups in total. The van der Waals surface area contributed by atoms with Gasteiger partial charge in [-0.3, -0.25) is 0 Å². The first kappa shape index (κ1) is 22.9. The van der Waals surface area contributed by atoms with E-state index < -0.39 is 15.8 Å². The van der Waals surface area contributed by atoms with Crippen LogP contribution in [0.15, 0.2) is 97.1 Å². The summed E-state index contributed by atoms with van der Waals surface area (Å²) in [5.41, 5.74) is 5.60. The molecule has 0 bridgehead atoms. The lowest BCUT2D eigenvalue weighted by molar-refractivity contribution is 1.36. The van der Waals surface area contributed by atoms with Gasteiger partial charge in [0.2, 0.25) is 0 Å². The Labute approximate surface area is 196 Å². The Morgan fingerprint density at radius 1 is 0.406 bits per heavy atom. The van der Waals surface area contributed by atoms with Crippen LogP contribution in [-0.4, -0.2) is 5.40 Å². The zero-order valence-electron chi connectivity index (χ0n) is 19.7. The highest BCUT2D eigenvalue weighted by Crippen LogP contribution is 2.57. The van der Waals surface area contributed by atoms with Crippen molar-refractivity contribution in [2.24, 2.45) is 0 Å². The average molecular weight is 455 g/mol. The van der Waals surface area contributed by atoms with Crippen molar-refractivity contribution in [3.63, 3.8) is 0 Å². The second kappa shape index (κ2) is 10.1. The number of hydrogen-bond acceptors (Lipinski definition) is 0. The first-order chi connectivity index (χ1) is 15.5. The van der Waals surface area contributed by atoms with Gasteiger partial charge in [0.1, 0.15) is 0 Å². The number of benzene rings is 4. The fraction of sp³-hybridized carbons (Fsp3) is 0.200. The van der Waals surface area contributed by atoms with Crippen LogP contribution in [0.2, 0.25) is 0 Å². The maximum atomic E-state index is 2.51. The fourth-order valence-corrected chi connectivity index (χ4v) is 11.9. The molecule has 0 aliphatic rings. The average Bonchev–Trinajstić information content (AvgIpc) is 2.79. The fourth-order valence-electron chi connectivity index (χ4n) is 4.52. The van der Waals surface area contributed by atoms with Gasteiger partial charge >= 0.3 is 0 Å². The molecule has 0 aliphatic heterocycles. The summed E-state index contributed by atoms with van der Waals surface area (Å²) in [6.45, 7) is 11.6. The third-order valence-electron chi connectivity index (χ3n) is 6.25. The summed E-state index contributed by atoms with van der Waals surface area (Å²) < 4.78 is 0. The smallest absolute Gasteiger partial charge is 0.0127 e. The lowest BCUT2D eigenvalue weighted by Crippen LogP contribution is -2.29. The summed E-state index contributed by atoms with van der Waals surface area (Å²) >= 11 is 0. The SMILES string of the molecule is Cc1ccccc1P(c1ccccc1C)C(C)P(c1ccccc1C)c1ccccc1C. The summed E-state index contributed by atoms with van der Waals surface area (Å²) in [5.74, 6) is 0. The summed E-state index contributed by atoms with van der Waals surface area (Å²) in [6.07, 6.45) is 0. The van der Waals surface area contributed by atoms with Crippen LogP contribution in [0.1, 0.15) is 29.2 Å². The Hall–Kier alpha value is -2.26. The number of hydrogen-bond donors (Lipinski definition) is 0. The highest BCUT2D eigenvalue weighted by atomic mass is 31.2. The maximum absolute atomic E-state index is 2.51. The van der Waals surface area contributed by atoms with Crippen LogP contribution in [-0.2, 0) is 0 Å². The van der Waals surface area contributed by atoms with Crippen LogP contribution in [0.3, 0.4) is 0 Å². The monoisotopic (exact) mass is 454 g/mol. The second-order valence-electron chi connectivity index (χ2n) is 8.52. The lowest BCUT2D eigenvalue weighted by atomic mass is 10.2. The van der Waals surface area contributed by atoms with Gasteiger partial charge in [-0.25, -0.2) is 0 Å². The van der Waals surface area contributed by atoms with Gasteiger partial charge in [-0.05, 0) is 87.0 Å². The zero-order valence-corrected chi connectivity index (χ0v) is 21.5. The molecule has 4 aromatic rings. The van der Waals surface area contributed by atoms with E-state index >= 15 is 0 Å². The molecule has 0 atom stereocenters. The van der Waals surface area contributed by atoms with Gasteiger partial charge in [0, 0.05) is 5.40 Å². The molecule has 0 saturated heterocycles. The molecule has 0 spiro atoms. The van der Waals surface area contributed by atoms with Crippen molar-refractivity contribution in [2.45, 2.75) is 40.0 Å². The van der Waals surface area contributed by atoms with E-state index in [9.17, 15) is 0 Å². The van der Waals surface area contributed by atoms with Gasteiger partial charge in [0.15, 0.2) is 0 Å². The second-order valence-corrected chi connectivity index (χ2v) is 13.9. The van der Waals surface area contributed by atoms with Gasteiger partial charge in [-0.15, -0.1) is 0 Å². The third-order valence-corrected chi connectivity index (χ3v) is 13.2. The van der Waals surface area contributed by atoms with Crippen LogP contribution in [0, 0.1) is 27.7 Å². The minimum atomic E-state index is -0.536. The van der Waals surface area contributed by atoms with Crippen molar-refractivity contribution in [1.82, 2.24) is 0 Å². The van der Waals surface area contributed by atoms with Gasteiger partial charge < -0.3 is 0 Å². The summed E-state index contributed by atoms with van der Waals surface area (Å²) in [6, 6.07) is 36.1. The minimum absolute atomic E-state index is 0.504. The summed E-state index contributed by atoms with van der Waals surface area (Å²) in [4.78, 5) is 0. The topological polar surface area (TPSA) is 0 Å². The molecule has 0 amide bonds. The van der Waals surface area contributed by atoms with Crippen LogP contribution in [0.25, 0.3) is 0 Å². The zero-order chi connectivity index (χ0) is 22.7. The van der Waals surface area contributed by atoms with E-state index in [-0.39, 0.29) is 0 Å². The van der Waals surface area contributed by atoms with Gasteiger partial charge in [0.05, 0.1) is 0 Å². The van der Waals surface area contributed by atoms with Gasteiger partial charge in [-0.1, -0.05) is 104 Å². The normalized spacial score (nSPS) is 11.5. The molecule has 4 rings (SSSR count). The van der Waals surface area contributed by atoms with E-state index in [1.165, 1.54) is 43.5 Å². The molecule has 4 aromatic carbocycles. The molecular weight excluding hydrogens is 422 g/mol. The number of aryl methyl sites for hydroxylation is 4. The molecule has 0 aromatic heterocycles. The van der Waals surface area contributed by atoms with Crippen LogP contribution in [0.4, 0.5) is 0 Å². The van der Waals surface area contributed by atoms with Crippen molar-refractivity contribution < 1.29 is 0 Å². The first-order valence-electron chi connectivity index (χ1n) is 11.3. The molecule has 32 heavy (non-hydrogen) atoms. The minimum Gasteiger partial charge on any atom is -0.0620 e. The molecule has 162 valence electrons. The number of rotatable bonds is 6. The molecule has 0 heterocycles. The van der Waals surface area contributed by atoms with E-state index in [0.29, 0.717) is 5.40 Å². The van der Waals surface area contributed by atoms with Crippen molar-refractivity contribution in [2.75, 3.05) is 0 Å². The van der Waals surface area contributed by atoms with Gasteiger partial charge in [0.25, 0.3) is 0 Å². The third kappa shape index (κ3) is 4.59. The Balaban J connectivity index is 1.96. The predicted octanol–water partition coefficient (Wildman–Crippen LogP) is 6.83. The Morgan fingerprint density at radius 3 is 0.844 bits per heavy atom. The van der Waals surface area contributed by atoms with Gasteiger partial charge in [-0.2, -0.15) is 0 Å². The van der Waals surface area contributed by atoms with Crippen LogP contribution in [0.5, 0.6) is 0 Å². The largest absolute Gasteiger partial charge is 0.0620 e. The quantitative estimate of drug-likeness (QED) is 0.280. The molecule has 0 radical (unpaired) electrons. The molecule has 2 heteroatoms. The van der Waals surface area contributed by atoms with Crippen molar-refractivity contribution >= 4 is 37.1 Å². The lowest BCUT2D eigenvalue weighted by Gasteiger charge is -2.36. The molecule has 0 fully saturated rings. The summed E-state index contributed by atoms with van der Waals surface area (Å²) in [7, 11) is -1.07. The van der Waals surface area contributed by atoms with Crippen LogP contribution >= 0.6 is 15.8 Å². The highest BCUT2D eigenvalue weighted by molar-refractivity contribution is 7.89. The van der Waals surface area contributed by atoms with E-state index in [4.69, 9.17) is 0 Å². The van der Waals surface area contributed by atoms with Crippen molar-refractivity contribution in [3.05, 3.63) is 119 Å². The Bertz CT molecular complexity index is 1020. The molecule has 0 unspecified atom stereocenters. The molecular formula is C30H32P2. The standard InChI is InChI=1S/C30H32P2/c1-22-14-6-10-18-27(22)31(28-19-11-7-15-23(28)2)26(5)32(29-20-12-8-16-24(29)3)30-21-13-9-17-25(30)4/h6-21,26H,1-5H3. The predicted molar refractivity (Wildman–Crippen MR) is 147 cm³/mol. The maximum Gasteiger partial charge on any atom is 0.0127 e. The van der Waals surface area contributed by atoms with E-state index in [0.717, 1.165) is 0 Å². The van der Waals surface area contributed by atoms with Crippen molar-refractivity contribution in [1.29, 1.82) is 0 Å². The molecule has 0 nitrogen and oxygen atoms in total. The highest BCUT2D eigenvalue weighted by Gasteiger charge is 2.33. The van der Waals surface area contributed by atoms with Crippen molar-refractivity contribution in [3.8, 4) is 0 Å². The van der Waals surface area contributed by atoms with E-state index in [2.05, 4.69) is 132 Å². The van der Waals surface area contributed by atoms with E-state index in [1.807, 2.05) is 0 Å². The summed E-state index contributed by atoms with van der Waals surface area (Å²) in [5, 5.41) is 6.56. The van der Waals surface area contributed by atoms with E-state index in [1.54, 1.807) is 0 Å². The molecule has 0 aliphatic carbocycles. The van der Waals surface area contributed by atoms with Crippen LogP contribution < -0.4 is 21.2 Å². The Kier molecular flexibility index (Phi) is 7.25. The Morgan fingerprint density at radius 2 is 0.625 bits per heavy atom. The first-order valence-corrected chi connectivity index (χ1v) is 14.1. The molecule has 0 saturated carbocycles.